The number of methoxy groups -OCH3 is 3. The number of hydrogen-bond donors (Lipinski definition) is 0. The van der Waals surface area contributed by atoms with E-state index in [0.29, 0.717) is 56.3 Å². The summed E-state index contributed by atoms with van der Waals surface area (Å²) in [5, 5.41) is 0. The van der Waals surface area contributed by atoms with Crippen molar-refractivity contribution >= 4 is 11.9 Å². The Balaban J connectivity index is 2.14. The number of amides is 3. The summed E-state index contributed by atoms with van der Waals surface area (Å²) in [6, 6.07) is 9.11. The molecule has 9 heteroatoms. The minimum atomic E-state index is -0.211. The number of nitrogens with zero attached hydrogens (tertiary/aromatic N) is 3. The summed E-state index contributed by atoms with van der Waals surface area (Å²) in [5.41, 5.74) is 1.01. The van der Waals surface area contributed by atoms with E-state index < -0.39 is 0 Å². The molecule has 0 aliphatic carbocycles. The Hall–Kier alpha value is -3.20. The molecule has 1 heterocycles. The lowest BCUT2D eigenvalue weighted by molar-refractivity contribution is -0.132. The van der Waals surface area contributed by atoms with Crippen LogP contribution in [0.15, 0.2) is 41.0 Å². The Bertz CT molecular complexity index is 869. The third-order valence-corrected chi connectivity index (χ3v) is 5.15. The van der Waals surface area contributed by atoms with Gasteiger partial charge in [0.25, 0.3) is 0 Å². The quantitative estimate of drug-likeness (QED) is 0.427. The summed E-state index contributed by atoms with van der Waals surface area (Å²) in [4.78, 5) is 30.6. The van der Waals surface area contributed by atoms with Crippen LogP contribution >= 0.6 is 0 Å². The lowest BCUT2D eigenvalue weighted by Crippen LogP contribution is -2.47. The highest BCUT2D eigenvalue weighted by atomic mass is 16.5. The highest BCUT2D eigenvalue weighted by molar-refractivity contribution is 5.84. The smallest absolute Gasteiger partial charge is 0.319 e. The highest BCUT2D eigenvalue weighted by Gasteiger charge is 2.23. The second kappa shape index (κ2) is 13.4. The van der Waals surface area contributed by atoms with E-state index in [1.54, 1.807) is 57.6 Å². The van der Waals surface area contributed by atoms with E-state index in [0.717, 1.165) is 5.56 Å². The SMILES string of the molecule is COCCCN(CC(=O)N(CCc1ccc(OC)c(OC)c1)Cc1ccco1)C(=O)N(C)C. The molecule has 2 rings (SSSR count). The summed E-state index contributed by atoms with van der Waals surface area (Å²) in [5.74, 6) is 1.82. The molecule has 33 heavy (non-hydrogen) atoms. The fourth-order valence-corrected chi connectivity index (χ4v) is 3.37. The van der Waals surface area contributed by atoms with Gasteiger partial charge in [0.1, 0.15) is 12.3 Å². The number of furan rings is 1. The van der Waals surface area contributed by atoms with Gasteiger partial charge in [-0.25, -0.2) is 4.79 Å². The molecule has 9 nitrogen and oxygen atoms in total. The van der Waals surface area contributed by atoms with Crippen molar-refractivity contribution in [1.29, 1.82) is 0 Å². The predicted molar refractivity (Wildman–Crippen MR) is 125 cm³/mol. The molecule has 2 aromatic rings. The molecular formula is C24H35N3O6. The standard InChI is InChI=1S/C24H35N3O6/c1-25(2)24(29)27(12-7-14-30-3)18-23(28)26(17-20-8-6-15-33-20)13-11-19-9-10-21(31-4)22(16-19)32-5/h6,8-10,15-16H,7,11-14,17-18H2,1-5H3. The number of ether oxygens (including phenoxy) is 3. The minimum Gasteiger partial charge on any atom is -0.493 e. The van der Waals surface area contributed by atoms with Crippen molar-refractivity contribution in [2.24, 2.45) is 0 Å². The van der Waals surface area contributed by atoms with Gasteiger partial charge in [-0.05, 0) is 42.7 Å². The van der Waals surface area contributed by atoms with E-state index in [1.165, 1.54) is 4.90 Å². The van der Waals surface area contributed by atoms with Crippen LogP contribution in [-0.2, 0) is 22.5 Å². The van der Waals surface area contributed by atoms with Gasteiger partial charge in [-0.2, -0.15) is 0 Å². The largest absolute Gasteiger partial charge is 0.493 e. The Kier molecular flexibility index (Phi) is 10.6. The van der Waals surface area contributed by atoms with E-state index in [4.69, 9.17) is 18.6 Å². The molecule has 0 spiro atoms. The zero-order valence-electron chi connectivity index (χ0n) is 20.2. The first kappa shape index (κ1) is 26.1. The first-order valence-electron chi connectivity index (χ1n) is 10.9. The molecule has 1 aromatic carbocycles. The van der Waals surface area contributed by atoms with Crippen LogP contribution in [0, 0.1) is 0 Å². The Labute approximate surface area is 195 Å². The van der Waals surface area contributed by atoms with Gasteiger partial charge in [-0.15, -0.1) is 0 Å². The molecule has 0 N–H and O–H groups in total. The predicted octanol–water partition coefficient (Wildman–Crippen LogP) is 2.89. The maximum atomic E-state index is 13.3. The van der Waals surface area contributed by atoms with Gasteiger partial charge in [0, 0.05) is 40.9 Å². The van der Waals surface area contributed by atoms with Crippen molar-refractivity contribution in [1.82, 2.24) is 14.7 Å². The average Bonchev–Trinajstić information content (AvgIpc) is 3.33. The van der Waals surface area contributed by atoms with Crippen molar-refractivity contribution in [2.75, 3.05) is 61.7 Å². The Morgan fingerprint density at radius 2 is 1.73 bits per heavy atom. The van der Waals surface area contributed by atoms with Crippen LogP contribution in [0.4, 0.5) is 4.79 Å². The number of rotatable bonds is 13. The van der Waals surface area contributed by atoms with Crippen LogP contribution in [0.3, 0.4) is 0 Å². The van der Waals surface area contributed by atoms with Gasteiger partial charge < -0.3 is 33.3 Å². The molecule has 0 saturated carbocycles. The molecule has 0 fully saturated rings. The summed E-state index contributed by atoms with van der Waals surface area (Å²) < 4.78 is 21.3. The summed E-state index contributed by atoms with van der Waals surface area (Å²) in [6.07, 6.45) is 2.84. The van der Waals surface area contributed by atoms with Crippen molar-refractivity contribution in [3.05, 3.63) is 47.9 Å². The monoisotopic (exact) mass is 461 g/mol. The van der Waals surface area contributed by atoms with Crippen LogP contribution in [0.5, 0.6) is 11.5 Å². The zero-order chi connectivity index (χ0) is 24.2. The van der Waals surface area contributed by atoms with Crippen LogP contribution in [0.25, 0.3) is 0 Å². The topological polar surface area (TPSA) is 84.7 Å². The lowest BCUT2D eigenvalue weighted by atomic mass is 10.1. The first-order chi connectivity index (χ1) is 15.9. The molecule has 0 bridgehead atoms. The average molecular weight is 462 g/mol. The van der Waals surface area contributed by atoms with Gasteiger partial charge in [0.2, 0.25) is 5.91 Å². The summed E-state index contributed by atoms with van der Waals surface area (Å²) in [6.45, 7) is 1.70. The van der Waals surface area contributed by atoms with E-state index in [2.05, 4.69) is 0 Å². The molecule has 0 radical (unpaired) electrons. The fourth-order valence-electron chi connectivity index (χ4n) is 3.37. The van der Waals surface area contributed by atoms with Crippen molar-refractivity contribution in [3.8, 4) is 11.5 Å². The van der Waals surface area contributed by atoms with Crippen LogP contribution in [0.1, 0.15) is 17.7 Å². The molecule has 3 amide bonds. The molecule has 0 unspecified atom stereocenters. The highest BCUT2D eigenvalue weighted by Crippen LogP contribution is 2.27. The molecule has 0 aliphatic heterocycles. The van der Waals surface area contributed by atoms with Crippen molar-refractivity contribution in [3.63, 3.8) is 0 Å². The molecular weight excluding hydrogens is 426 g/mol. The maximum Gasteiger partial charge on any atom is 0.319 e. The van der Waals surface area contributed by atoms with Crippen molar-refractivity contribution < 1.29 is 28.2 Å². The molecule has 0 aliphatic rings. The molecule has 182 valence electrons. The number of carbonyl (C=O) groups is 2. The second-order valence-corrected chi connectivity index (χ2v) is 7.78. The van der Waals surface area contributed by atoms with Gasteiger partial charge in [0.15, 0.2) is 11.5 Å². The minimum absolute atomic E-state index is 0.0205. The number of urea groups is 1. The van der Waals surface area contributed by atoms with Crippen molar-refractivity contribution in [2.45, 2.75) is 19.4 Å². The maximum absolute atomic E-state index is 13.3. The number of benzene rings is 1. The summed E-state index contributed by atoms with van der Waals surface area (Å²) >= 11 is 0. The van der Waals surface area contributed by atoms with Gasteiger partial charge in [-0.1, -0.05) is 6.07 Å². The van der Waals surface area contributed by atoms with Crippen LogP contribution in [0.2, 0.25) is 0 Å². The number of hydrogen-bond acceptors (Lipinski definition) is 6. The normalized spacial score (nSPS) is 10.6. The first-order valence-corrected chi connectivity index (χ1v) is 10.9. The summed E-state index contributed by atoms with van der Waals surface area (Å²) in [7, 11) is 8.15. The third-order valence-electron chi connectivity index (χ3n) is 5.15. The Morgan fingerprint density at radius 3 is 2.33 bits per heavy atom. The second-order valence-electron chi connectivity index (χ2n) is 7.78. The lowest BCUT2D eigenvalue weighted by Gasteiger charge is -2.29. The molecule has 1 aromatic heterocycles. The number of carbonyl (C=O) groups excluding carboxylic acids is 2. The zero-order valence-corrected chi connectivity index (χ0v) is 20.2. The van der Waals surface area contributed by atoms with E-state index in [1.807, 2.05) is 24.3 Å². The Morgan fingerprint density at radius 1 is 0.970 bits per heavy atom. The fraction of sp³-hybridized carbons (Fsp3) is 0.500. The van der Waals surface area contributed by atoms with Crippen LogP contribution < -0.4 is 9.47 Å². The molecule has 0 atom stereocenters. The van der Waals surface area contributed by atoms with E-state index >= 15 is 0 Å². The van der Waals surface area contributed by atoms with Gasteiger partial charge in [-0.3, -0.25) is 4.79 Å². The van der Waals surface area contributed by atoms with Gasteiger partial charge in [0.05, 0.1) is 27.0 Å². The van der Waals surface area contributed by atoms with Gasteiger partial charge >= 0.3 is 6.03 Å². The van der Waals surface area contributed by atoms with Crippen LogP contribution in [-0.4, -0.2) is 88.3 Å². The van der Waals surface area contributed by atoms with E-state index in [-0.39, 0.29) is 18.5 Å². The third kappa shape index (κ3) is 8.02. The van der Waals surface area contributed by atoms with E-state index in [9.17, 15) is 9.59 Å². The molecule has 0 saturated heterocycles.